The standard InChI is InChI=1S/C8H7F3N2O2S/c1-2-15-6(14)4-3-12-7(16)13-5(4)8(9,10)11/h3H,2H2,1H3,(H,12,13,16). The lowest BCUT2D eigenvalue weighted by atomic mass is 10.2. The quantitative estimate of drug-likeness (QED) is 0.648. The van der Waals surface area contributed by atoms with Crippen LogP contribution in [0.4, 0.5) is 13.2 Å². The normalized spacial score (nSPS) is 11.2. The lowest BCUT2D eigenvalue weighted by molar-refractivity contribution is -0.141. The van der Waals surface area contributed by atoms with Crippen molar-refractivity contribution in [1.29, 1.82) is 0 Å². The summed E-state index contributed by atoms with van der Waals surface area (Å²) < 4.78 is 41.7. The number of hydrogen-bond acceptors (Lipinski definition) is 4. The van der Waals surface area contributed by atoms with Crippen molar-refractivity contribution in [2.45, 2.75) is 13.1 Å². The lowest BCUT2D eigenvalue weighted by Crippen LogP contribution is -2.18. The molecule has 0 aliphatic heterocycles. The molecule has 0 unspecified atom stereocenters. The van der Waals surface area contributed by atoms with E-state index in [9.17, 15) is 18.0 Å². The van der Waals surface area contributed by atoms with Crippen LogP contribution in [0.25, 0.3) is 0 Å². The minimum atomic E-state index is -4.71. The van der Waals surface area contributed by atoms with Crippen molar-refractivity contribution in [3.63, 3.8) is 0 Å². The number of carbonyl (C=O) groups excluding carboxylic acids is 1. The van der Waals surface area contributed by atoms with Gasteiger partial charge in [0, 0.05) is 6.20 Å². The summed E-state index contributed by atoms with van der Waals surface area (Å²) in [5.74, 6) is -1.09. The molecule has 16 heavy (non-hydrogen) atoms. The molecule has 0 atom stereocenters. The van der Waals surface area contributed by atoms with E-state index >= 15 is 0 Å². The first-order valence-corrected chi connectivity index (χ1v) is 4.60. The second-order valence-corrected chi connectivity index (χ2v) is 3.08. The summed E-state index contributed by atoms with van der Waals surface area (Å²) in [6, 6.07) is 0. The van der Waals surface area contributed by atoms with E-state index in [1.165, 1.54) is 6.92 Å². The summed E-state index contributed by atoms with van der Waals surface area (Å²) in [5, 5.41) is 0. The minimum Gasteiger partial charge on any atom is -0.462 e. The van der Waals surface area contributed by atoms with Crippen molar-refractivity contribution >= 4 is 18.2 Å². The molecule has 0 radical (unpaired) electrons. The number of rotatable bonds is 2. The number of aromatic amines is 1. The number of esters is 1. The van der Waals surface area contributed by atoms with Gasteiger partial charge < -0.3 is 9.72 Å². The van der Waals surface area contributed by atoms with Crippen LogP contribution in [0.2, 0.25) is 0 Å². The molecule has 0 fully saturated rings. The van der Waals surface area contributed by atoms with Crippen LogP contribution < -0.4 is 0 Å². The Morgan fingerprint density at radius 2 is 2.25 bits per heavy atom. The number of aromatic nitrogens is 2. The second kappa shape index (κ2) is 4.60. The van der Waals surface area contributed by atoms with E-state index in [-0.39, 0.29) is 11.4 Å². The Bertz CT molecular complexity index is 455. The molecule has 0 saturated heterocycles. The number of halogens is 3. The van der Waals surface area contributed by atoms with Crippen LogP contribution in [0.15, 0.2) is 6.20 Å². The van der Waals surface area contributed by atoms with Crippen LogP contribution in [0.5, 0.6) is 0 Å². The van der Waals surface area contributed by atoms with Gasteiger partial charge in [0.15, 0.2) is 4.77 Å². The van der Waals surface area contributed by atoms with Gasteiger partial charge in [-0.25, -0.2) is 9.78 Å². The molecular weight excluding hydrogens is 245 g/mol. The third-order valence-corrected chi connectivity index (χ3v) is 1.80. The molecule has 1 heterocycles. The summed E-state index contributed by atoms with van der Waals surface area (Å²) >= 11 is 4.46. The minimum absolute atomic E-state index is 0.0221. The summed E-state index contributed by atoms with van der Waals surface area (Å²) in [5.41, 5.74) is -1.92. The van der Waals surface area contributed by atoms with Gasteiger partial charge in [-0.2, -0.15) is 13.2 Å². The van der Waals surface area contributed by atoms with Crippen molar-refractivity contribution in [2.24, 2.45) is 0 Å². The average Bonchev–Trinajstić information content (AvgIpc) is 2.16. The molecule has 88 valence electrons. The molecule has 0 spiro atoms. The Labute approximate surface area is 93.5 Å². The van der Waals surface area contributed by atoms with Gasteiger partial charge in [-0.15, -0.1) is 0 Å². The first-order chi connectivity index (χ1) is 7.36. The molecule has 0 aliphatic rings. The fourth-order valence-electron chi connectivity index (χ4n) is 0.981. The fourth-order valence-corrected chi connectivity index (χ4v) is 1.14. The summed E-state index contributed by atoms with van der Waals surface area (Å²) in [4.78, 5) is 16.5. The largest absolute Gasteiger partial charge is 0.462 e. The summed E-state index contributed by atoms with van der Waals surface area (Å²) in [7, 11) is 0. The number of carbonyl (C=O) groups is 1. The number of nitrogens with zero attached hydrogens (tertiary/aromatic N) is 1. The zero-order valence-corrected chi connectivity index (χ0v) is 8.91. The summed E-state index contributed by atoms with van der Waals surface area (Å²) in [6.45, 7) is 1.47. The number of alkyl halides is 3. The van der Waals surface area contributed by atoms with E-state index in [1.54, 1.807) is 0 Å². The van der Waals surface area contributed by atoms with E-state index in [1.807, 2.05) is 4.98 Å². The maximum atomic E-state index is 12.5. The van der Waals surface area contributed by atoms with Crippen molar-refractivity contribution < 1.29 is 22.7 Å². The van der Waals surface area contributed by atoms with Crippen LogP contribution in [0.1, 0.15) is 23.0 Å². The maximum Gasteiger partial charge on any atom is 0.432 e. The predicted molar refractivity (Wildman–Crippen MR) is 50.4 cm³/mol. The van der Waals surface area contributed by atoms with Gasteiger partial charge >= 0.3 is 12.1 Å². The Morgan fingerprint density at radius 1 is 1.62 bits per heavy atom. The molecular formula is C8H7F3N2O2S. The molecule has 4 nitrogen and oxygen atoms in total. The topological polar surface area (TPSA) is 55.0 Å². The third-order valence-electron chi connectivity index (χ3n) is 1.59. The van der Waals surface area contributed by atoms with Gasteiger partial charge in [-0.1, -0.05) is 0 Å². The molecule has 0 amide bonds. The Hall–Kier alpha value is -1.44. The first kappa shape index (κ1) is 12.6. The lowest BCUT2D eigenvalue weighted by Gasteiger charge is -2.10. The van der Waals surface area contributed by atoms with Crippen LogP contribution in [0, 0.1) is 4.77 Å². The van der Waals surface area contributed by atoms with Crippen LogP contribution in [-0.4, -0.2) is 22.5 Å². The van der Waals surface area contributed by atoms with Crippen molar-refractivity contribution in [2.75, 3.05) is 6.61 Å². The zero-order valence-electron chi connectivity index (χ0n) is 8.09. The van der Waals surface area contributed by atoms with Gasteiger partial charge in [0.05, 0.1) is 6.61 Å². The maximum absolute atomic E-state index is 12.5. The number of nitrogens with one attached hydrogen (secondary N) is 1. The highest BCUT2D eigenvalue weighted by Crippen LogP contribution is 2.30. The molecule has 1 N–H and O–H groups in total. The molecule has 8 heteroatoms. The molecule has 0 saturated carbocycles. The van der Waals surface area contributed by atoms with Gasteiger partial charge in [0.25, 0.3) is 0 Å². The van der Waals surface area contributed by atoms with Crippen LogP contribution in [0.3, 0.4) is 0 Å². The van der Waals surface area contributed by atoms with E-state index < -0.39 is 23.4 Å². The summed E-state index contributed by atoms with van der Waals surface area (Å²) in [6.07, 6.45) is -3.96. The monoisotopic (exact) mass is 252 g/mol. The van der Waals surface area contributed by atoms with Crippen molar-refractivity contribution in [3.8, 4) is 0 Å². The molecule has 0 aliphatic carbocycles. The smallest absolute Gasteiger partial charge is 0.432 e. The van der Waals surface area contributed by atoms with E-state index in [2.05, 4.69) is 21.9 Å². The molecule has 0 aromatic carbocycles. The van der Waals surface area contributed by atoms with Crippen LogP contribution >= 0.6 is 12.2 Å². The highest BCUT2D eigenvalue weighted by Gasteiger charge is 2.37. The number of ether oxygens (including phenoxy) is 1. The van der Waals surface area contributed by atoms with E-state index in [4.69, 9.17) is 0 Å². The first-order valence-electron chi connectivity index (χ1n) is 4.20. The van der Waals surface area contributed by atoms with Gasteiger partial charge in [0.1, 0.15) is 11.3 Å². The highest BCUT2D eigenvalue weighted by molar-refractivity contribution is 7.71. The SMILES string of the molecule is CCOC(=O)c1cnc(=S)[nH]c1C(F)(F)F. The fraction of sp³-hybridized carbons (Fsp3) is 0.375. The zero-order chi connectivity index (χ0) is 12.3. The molecule has 1 rings (SSSR count). The molecule has 1 aromatic heterocycles. The Balaban J connectivity index is 3.29. The van der Waals surface area contributed by atoms with E-state index in [0.717, 1.165) is 6.20 Å². The third kappa shape index (κ3) is 2.78. The van der Waals surface area contributed by atoms with E-state index in [0.29, 0.717) is 0 Å². The Morgan fingerprint density at radius 3 is 2.75 bits per heavy atom. The molecule has 1 aromatic rings. The number of hydrogen-bond donors (Lipinski definition) is 1. The van der Waals surface area contributed by atoms with Crippen LogP contribution in [-0.2, 0) is 10.9 Å². The van der Waals surface area contributed by atoms with Gasteiger partial charge in [-0.3, -0.25) is 0 Å². The molecule has 0 bridgehead atoms. The predicted octanol–water partition coefficient (Wildman–Crippen LogP) is 2.33. The van der Waals surface area contributed by atoms with Crippen molar-refractivity contribution in [3.05, 3.63) is 22.2 Å². The highest BCUT2D eigenvalue weighted by atomic mass is 32.1. The average molecular weight is 252 g/mol. The van der Waals surface area contributed by atoms with Gasteiger partial charge in [0.2, 0.25) is 0 Å². The van der Waals surface area contributed by atoms with Crippen molar-refractivity contribution in [1.82, 2.24) is 9.97 Å². The number of H-pyrrole nitrogens is 1. The Kier molecular flexibility index (Phi) is 3.63. The van der Waals surface area contributed by atoms with Gasteiger partial charge in [-0.05, 0) is 19.1 Å². The second-order valence-electron chi connectivity index (χ2n) is 2.70.